The van der Waals surface area contributed by atoms with Gasteiger partial charge in [0, 0.05) is 32.7 Å². The van der Waals surface area contributed by atoms with Gasteiger partial charge in [0.1, 0.15) is 0 Å². The van der Waals surface area contributed by atoms with E-state index in [1.165, 1.54) is 31.5 Å². The molecule has 2 nitrogen and oxygen atoms in total. The van der Waals surface area contributed by atoms with E-state index >= 15 is 0 Å². The van der Waals surface area contributed by atoms with Gasteiger partial charge in [-0.3, -0.25) is 4.90 Å². The minimum Gasteiger partial charge on any atom is -0.314 e. The Balaban J connectivity index is 1.60. The Morgan fingerprint density at radius 2 is 1.75 bits per heavy atom. The molecule has 2 fully saturated rings. The summed E-state index contributed by atoms with van der Waals surface area (Å²) in [7, 11) is 0. The number of nitrogens with zero attached hydrogens (tertiary/aromatic N) is 1. The number of nitrogens with one attached hydrogen (secondary N) is 1. The highest BCUT2D eigenvalue weighted by Crippen LogP contribution is 2.39. The minimum atomic E-state index is 0.883. The summed E-state index contributed by atoms with van der Waals surface area (Å²) in [5.41, 5.74) is 3.01. The maximum atomic E-state index is 3.39. The topological polar surface area (TPSA) is 15.3 Å². The Labute approximate surface area is 97.6 Å². The standard InChI is InChI=1S/C14H20N2/c1-3-13(14-5-6-14)4-2-12(1)11-16-9-7-15-8-10-16/h1-4,14-15H,5-11H2. The lowest BCUT2D eigenvalue weighted by Gasteiger charge is -2.27. The van der Waals surface area contributed by atoms with Gasteiger partial charge in [0.15, 0.2) is 0 Å². The highest BCUT2D eigenvalue weighted by molar-refractivity contribution is 5.28. The summed E-state index contributed by atoms with van der Waals surface area (Å²) in [5.74, 6) is 0.883. The summed E-state index contributed by atoms with van der Waals surface area (Å²) in [6.07, 6.45) is 2.80. The van der Waals surface area contributed by atoms with E-state index in [1.807, 2.05) is 0 Å². The second kappa shape index (κ2) is 4.56. The van der Waals surface area contributed by atoms with E-state index in [9.17, 15) is 0 Å². The SMILES string of the molecule is c1cc(C2CC2)ccc1CN1CCNCC1. The zero-order valence-corrected chi connectivity index (χ0v) is 9.78. The van der Waals surface area contributed by atoms with Crippen LogP contribution in [-0.2, 0) is 6.54 Å². The highest BCUT2D eigenvalue weighted by atomic mass is 15.2. The molecule has 0 bridgehead atoms. The molecule has 1 aliphatic carbocycles. The van der Waals surface area contributed by atoms with Gasteiger partial charge < -0.3 is 5.32 Å². The smallest absolute Gasteiger partial charge is 0.0234 e. The van der Waals surface area contributed by atoms with Gasteiger partial charge in [0.05, 0.1) is 0 Å². The molecule has 1 saturated heterocycles. The van der Waals surface area contributed by atoms with Crippen molar-refractivity contribution in [1.29, 1.82) is 0 Å². The second-order valence-corrected chi connectivity index (χ2v) is 5.04. The molecular weight excluding hydrogens is 196 g/mol. The molecule has 0 aromatic heterocycles. The lowest BCUT2D eigenvalue weighted by molar-refractivity contribution is 0.233. The average molecular weight is 216 g/mol. The van der Waals surface area contributed by atoms with Crippen molar-refractivity contribution in [3.63, 3.8) is 0 Å². The quantitative estimate of drug-likeness (QED) is 0.831. The average Bonchev–Trinajstić information content (AvgIpc) is 3.15. The van der Waals surface area contributed by atoms with Gasteiger partial charge in [-0.1, -0.05) is 24.3 Å². The molecule has 0 spiro atoms. The molecule has 86 valence electrons. The van der Waals surface area contributed by atoms with Crippen molar-refractivity contribution in [2.24, 2.45) is 0 Å². The second-order valence-electron chi connectivity index (χ2n) is 5.04. The number of benzene rings is 1. The molecule has 0 atom stereocenters. The van der Waals surface area contributed by atoms with E-state index in [2.05, 4.69) is 34.5 Å². The van der Waals surface area contributed by atoms with Crippen LogP contribution in [0.2, 0.25) is 0 Å². The van der Waals surface area contributed by atoms with Gasteiger partial charge in [0.2, 0.25) is 0 Å². The Hall–Kier alpha value is -0.860. The summed E-state index contributed by atoms with van der Waals surface area (Å²) in [4.78, 5) is 2.53. The highest BCUT2D eigenvalue weighted by Gasteiger charge is 2.23. The molecule has 1 aliphatic heterocycles. The first kappa shape index (κ1) is 10.3. The molecule has 1 saturated carbocycles. The number of piperazine rings is 1. The molecule has 0 amide bonds. The van der Waals surface area contributed by atoms with Crippen LogP contribution in [0.3, 0.4) is 0 Å². The van der Waals surface area contributed by atoms with E-state index < -0.39 is 0 Å². The van der Waals surface area contributed by atoms with Crippen molar-refractivity contribution >= 4 is 0 Å². The van der Waals surface area contributed by atoms with Crippen LogP contribution in [0.15, 0.2) is 24.3 Å². The summed E-state index contributed by atoms with van der Waals surface area (Å²) >= 11 is 0. The molecule has 1 N–H and O–H groups in total. The first-order valence-corrected chi connectivity index (χ1v) is 6.44. The van der Waals surface area contributed by atoms with Crippen LogP contribution in [0, 0.1) is 0 Å². The summed E-state index contributed by atoms with van der Waals surface area (Å²) in [6, 6.07) is 9.29. The fourth-order valence-electron chi connectivity index (χ4n) is 2.44. The number of hydrogen-bond acceptors (Lipinski definition) is 2. The molecule has 1 aromatic rings. The number of hydrogen-bond donors (Lipinski definition) is 1. The van der Waals surface area contributed by atoms with Gasteiger partial charge in [0.25, 0.3) is 0 Å². The van der Waals surface area contributed by atoms with E-state index in [1.54, 1.807) is 5.56 Å². The van der Waals surface area contributed by atoms with Crippen LogP contribution in [-0.4, -0.2) is 31.1 Å². The van der Waals surface area contributed by atoms with E-state index in [0.29, 0.717) is 0 Å². The van der Waals surface area contributed by atoms with Gasteiger partial charge in [-0.25, -0.2) is 0 Å². The van der Waals surface area contributed by atoms with Crippen molar-refractivity contribution in [2.75, 3.05) is 26.2 Å². The number of rotatable bonds is 3. The van der Waals surface area contributed by atoms with E-state index in [4.69, 9.17) is 0 Å². The molecule has 0 unspecified atom stereocenters. The lowest BCUT2D eigenvalue weighted by atomic mass is 10.1. The van der Waals surface area contributed by atoms with Crippen molar-refractivity contribution in [3.8, 4) is 0 Å². The van der Waals surface area contributed by atoms with Gasteiger partial charge >= 0.3 is 0 Å². The normalized spacial score (nSPS) is 22.2. The molecule has 2 aliphatic rings. The van der Waals surface area contributed by atoms with E-state index in [-0.39, 0.29) is 0 Å². The summed E-state index contributed by atoms with van der Waals surface area (Å²) in [5, 5.41) is 3.39. The van der Waals surface area contributed by atoms with Crippen molar-refractivity contribution < 1.29 is 0 Å². The molecule has 0 radical (unpaired) electrons. The predicted octanol–water partition coefficient (Wildman–Crippen LogP) is 1.97. The van der Waals surface area contributed by atoms with Crippen LogP contribution >= 0.6 is 0 Å². The zero-order chi connectivity index (χ0) is 10.8. The Kier molecular flexibility index (Phi) is 2.94. The predicted molar refractivity (Wildman–Crippen MR) is 66.6 cm³/mol. The Bertz CT molecular complexity index is 334. The third kappa shape index (κ3) is 2.45. The lowest BCUT2D eigenvalue weighted by Crippen LogP contribution is -2.42. The molecule has 1 aromatic carbocycles. The molecule has 16 heavy (non-hydrogen) atoms. The molecule has 1 heterocycles. The largest absolute Gasteiger partial charge is 0.314 e. The minimum absolute atomic E-state index is 0.883. The molecular formula is C14H20N2. The van der Waals surface area contributed by atoms with Crippen molar-refractivity contribution in [2.45, 2.75) is 25.3 Å². The van der Waals surface area contributed by atoms with Crippen LogP contribution in [0.25, 0.3) is 0 Å². The Morgan fingerprint density at radius 1 is 1.06 bits per heavy atom. The third-order valence-electron chi connectivity index (χ3n) is 3.64. The third-order valence-corrected chi connectivity index (χ3v) is 3.64. The van der Waals surface area contributed by atoms with Gasteiger partial charge in [-0.2, -0.15) is 0 Å². The van der Waals surface area contributed by atoms with Crippen LogP contribution < -0.4 is 5.32 Å². The van der Waals surface area contributed by atoms with Crippen LogP contribution in [0.4, 0.5) is 0 Å². The van der Waals surface area contributed by atoms with Crippen LogP contribution in [0.5, 0.6) is 0 Å². The molecule has 3 rings (SSSR count). The van der Waals surface area contributed by atoms with Gasteiger partial charge in [-0.05, 0) is 29.9 Å². The summed E-state index contributed by atoms with van der Waals surface area (Å²) in [6.45, 7) is 5.77. The first-order valence-electron chi connectivity index (χ1n) is 6.44. The Morgan fingerprint density at radius 3 is 2.38 bits per heavy atom. The van der Waals surface area contributed by atoms with Crippen molar-refractivity contribution in [1.82, 2.24) is 10.2 Å². The van der Waals surface area contributed by atoms with Crippen LogP contribution in [0.1, 0.15) is 29.9 Å². The summed E-state index contributed by atoms with van der Waals surface area (Å²) < 4.78 is 0. The van der Waals surface area contributed by atoms with Crippen molar-refractivity contribution in [3.05, 3.63) is 35.4 Å². The molecule has 2 heteroatoms. The first-order chi connectivity index (χ1) is 7.92. The monoisotopic (exact) mass is 216 g/mol. The van der Waals surface area contributed by atoms with Gasteiger partial charge in [-0.15, -0.1) is 0 Å². The maximum absolute atomic E-state index is 3.39. The maximum Gasteiger partial charge on any atom is 0.0234 e. The fourth-order valence-corrected chi connectivity index (χ4v) is 2.44. The fraction of sp³-hybridized carbons (Fsp3) is 0.571. The van der Waals surface area contributed by atoms with E-state index in [0.717, 1.165) is 25.6 Å². The zero-order valence-electron chi connectivity index (χ0n) is 9.78.